The van der Waals surface area contributed by atoms with E-state index in [4.69, 9.17) is 0 Å². The minimum Gasteiger partial charge on any atom is -0.406 e. The monoisotopic (exact) mass is 362 g/mol. The number of urea groups is 1. The third kappa shape index (κ3) is 4.80. The summed E-state index contributed by atoms with van der Waals surface area (Å²) in [6.07, 6.45) is -4.70. The second-order valence-electron chi connectivity index (χ2n) is 5.76. The van der Waals surface area contributed by atoms with Crippen molar-refractivity contribution in [2.75, 3.05) is 12.3 Å². The first-order valence-corrected chi connectivity index (χ1v) is 8.30. The maximum atomic E-state index is 12.1. The van der Waals surface area contributed by atoms with E-state index in [1.165, 1.54) is 28.8 Å². The number of carbonyl (C=O) groups is 2. The highest BCUT2D eigenvalue weighted by atomic mass is 32.2. The molecule has 0 aliphatic carbocycles. The van der Waals surface area contributed by atoms with Gasteiger partial charge in [-0.25, -0.2) is 4.79 Å². The van der Waals surface area contributed by atoms with E-state index in [-0.39, 0.29) is 18.2 Å². The molecular weight excluding hydrogens is 345 g/mol. The van der Waals surface area contributed by atoms with Crippen LogP contribution in [0.4, 0.5) is 18.0 Å². The van der Waals surface area contributed by atoms with Crippen molar-refractivity contribution in [3.8, 4) is 5.75 Å². The first-order chi connectivity index (χ1) is 11.1. The van der Waals surface area contributed by atoms with Crippen LogP contribution in [0.1, 0.15) is 19.4 Å². The molecular formula is C15H17F3N2O3S. The van der Waals surface area contributed by atoms with Crippen LogP contribution in [0.5, 0.6) is 5.75 Å². The second-order valence-corrected chi connectivity index (χ2v) is 6.86. The third-order valence-corrected chi connectivity index (χ3v) is 4.34. The Morgan fingerprint density at radius 2 is 1.83 bits per heavy atom. The Bertz CT molecular complexity index is 617. The number of rotatable bonds is 6. The Morgan fingerprint density at radius 1 is 1.21 bits per heavy atom. The fourth-order valence-electron chi connectivity index (χ4n) is 2.15. The van der Waals surface area contributed by atoms with Gasteiger partial charge in [-0.2, -0.15) is 11.8 Å². The summed E-state index contributed by atoms with van der Waals surface area (Å²) in [5.41, 5.74) is -0.0529. The first kappa shape index (κ1) is 18.4. The Morgan fingerprint density at radius 3 is 2.33 bits per heavy atom. The van der Waals surface area contributed by atoms with Crippen LogP contribution in [-0.4, -0.2) is 41.0 Å². The molecule has 1 aromatic rings. The largest absolute Gasteiger partial charge is 0.573 e. The number of thioether (sulfide) groups is 1. The standard InChI is InChI=1S/C15H17F3N2O3S/c1-14(2)12(21)20(13(22)19-14)7-8-24-9-10-3-5-11(6-4-10)23-15(16,17)18/h3-6H,7-9H2,1-2H3,(H,19,22). The third-order valence-electron chi connectivity index (χ3n) is 3.33. The normalized spacial score (nSPS) is 17.1. The lowest BCUT2D eigenvalue weighted by atomic mass is 10.1. The number of imide groups is 1. The Kier molecular flexibility index (Phi) is 5.32. The van der Waals surface area contributed by atoms with E-state index in [0.29, 0.717) is 11.5 Å². The fourth-order valence-corrected chi connectivity index (χ4v) is 3.04. The maximum Gasteiger partial charge on any atom is 0.573 e. The number of amides is 3. The summed E-state index contributed by atoms with van der Waals surface area (Å²) in [6.45, 7) is 3.57. The second kappa shape index (κ2) is 6.92. The summed E-state index contributed by atoms with van der Waals surface area (Å²) in [6, 6.07) is 5.20. The molecule has 1 fully saturated rings. The SMILES string of the molecule is CC1(C)NC(=O)N(CCSCc2ccc(OC(F)(F)F)cc2)C1=O. The lowest BCUT2D eigenvalue weighted by Crippen LogP contribution is -2.40. The number of alkyl halides is 3. The van der Waals surface area contributed by atoms with Crippen molar-refractivity contribution < 1.29 is 27.5 Å². The van der Waals surface area contributed by atoms with Crippen molar-refractivity contribution in [1.29, 1.82) is 0 Å². The number of nitrogens with one attached hydrogen (secondary N) is 1. The predicted molar refractivity (Wildman–Crippen MR) is 83.6 cm³/mol. The van der Waals surface area contributed by atoms with Gasteiger partial charge in [0.25, 0.3) is 5.91 Å². The molecule has 0 aromatic heterocycles. The van der Waals surface area contributed by atoms with Crippen LogP contribution < -0.4 is 10.1 Å². The summed E-state index contributed by atoms with van der Waals surface area (Å²) >= 11 is 1.48. The van der Waals surface area contributed by atoms with Gasteiger partial charge in [0.2, 0.25) is 0 Å². The minimum absolute atomic E-state index is 0.262. The van der Waals surface area contributed by atoms with Gasteiger partial charge < -0.3 is 10.1 Å². The highest BCUT2D eigenvalue weighted by Gasteiger charge is 2.43. The molecule has 3 amide bonds. The van der Waals surface area contributed by atoms with Crippen LogP contribution in [0.3, 0.4) is 0 Å². The van der Waals surface area contributed by atoms with Gasteiger partial charge in [0.15, 0.2) is 0 Å². The van der Waals surface area contributed by atoms with E-state index in [1.807, 2.05) is 0 Å². The summed E-state index contributed by atoms with van der Waals surface area (Å²) in [5.74, 6) is 0.564. The molecule has 1 heterocycles. The zero-order chi connectivity index (χ0) is 18.0. The Labute approximate surface area is 141 Å². The van der Waals surface area contributed by atoms with Crippen LogP contribution in [0, 0.1) is 0 Å². The van der Waals surface area contributed by atoms with Gasteiger partial charge in [0.1, 0.15) is 11.3 Å². The van der Waals surface area contributed by atoms with Gasteiger partial charge >= 0.3 is 12.4 Å². The molecule has 9 heteroatoms. The van der Waals surface area contributed by atoms with Crippen molar-refractivity contribution in [3.63, 3.8) is 0 Å². The lowest BCUT2D eigenvalue weighted by molar-refractivity contribution is -0.274. The van der Waals surface area contributed by atoms with Gasteiger partial charge in [-0.1, -0.05) is 12.1 Å². The van der Waals surface area contributed by atoms with Crippen molar-refractivity contribution >= 4 is 23.7 Å². The van der Waals surface area contributed by atoms with E-state index < -0.39 is 17.9 Å². The minimum atomic E-state index is -4.70. The number of benzene rings is 1. The molecule has 0 bridgehead atoms. The zero-order valence-corrected chi connectivity index (χ0v) is 14.0. The summed E-state index contributed by atoms with van der Waals surface area (Å²) in [7, 11) is 0. The molecule has 1 saturated heterocycles. The first-order valence-electron chi connectivity index (χ1n) is 7.15. The fraction of sp³-hybridized carbons (Fsp3) is 0.467. The van der Waals surface area contributed by atoms with E-state index >= 15 is 0 Å². The summed E-state index contributed by atoms with van der Waals surface area (Å²) in [4.78, 5) is 24.8. The molecule has 0 atom stereocenters. The molecule has 0 radical (unpaired) electrons. The number of carbonyl (C=O) groups excluding carboxylic acids is 2. The lowest BCUT2D eigenvalue weighted by Gasteiger charge is -2.15. The molecule has 132 valence electrons. The van der Waals surface area contributed by atoms with Gasteiger partial charge in [0, 0.05) is 18.1 Å². The van der Waals surface area contributed by atoms with Gasteiger partial charge in [-0.3, -0.25) is 9.69 Å². The molecule has 2 rings (SSSR count). The molecule has 0 unspecified atom stereocenters. The molecule has 1 N–H and O–H groups in total. The number of hydrogen-bond donors (Lipinski definition) is 1. The number of halogens is 3. The van der Waals surface area contributed by atoms with Crippen molar-refractivity contribution in [2.45, 2.75) is 31.5 Å². The number of nitrogens with zero attached hydrogens (tertiary/aromatic N) is 1. The zero-order valence-electron chi connectivity index (χ0n) is 13.1. The topological polar surface area (TPSA) is 58.6 Å². The average molecular weight is 362 g/mol. The number of hydrogen-bond acceptors (Lipinski definition) is 4. The predicted octanol–water partition coefficient (Wildman–Crippen LogP) is 3.15. The summed E-state index contributed by atoms with van der Waals surface area (Å²) < 4.78 is 40.0. The van der Waals surface area contributed by atoms with Crippen molar-refractivity contribution in [3.05, 3.63) is 29.8 Å². The maximum absolute atomic E-state index is 12.1. The molecule has 1 aromatic carbocycles. The van der Waals surface area contributed by atoms with Gasteiger partial charge in [-0.05, 0) is 31.5 Å². The molecule has 1 aliphatic heterocycles. The molecule has 24 heavy (non-hydrogen) atoms. The van der Waals surface area contributed by atoms with E-state index in [2.05, 4.69) is 10.1 Å². The van der Waals surface area contributed by atoms with Crippen LogP contribution >= 0.6 is 11.8 Å². The van der Waals surface area contributed by atoms with Crippen molar-refractivity contribution in [2.24, 2.45) is 0 Å². The van der Waals surface area contributed by atoms with Crippen LogP contribution in [0.2, 0.25) is 0 Å². The highest BCUT2D eigenvalue weighted by Crippen LogP contribution is 2.24. The average Bonchev–Trinajstić information content (AvgIpc) is 2.64. The Hall–Kier alpha value is -1.90. The van der Waals surface area contributed by atoms with E-state index in [9.17, 15) is 22.8 Å². The quantitative estimate of drug-likeness (QED) is 0.624. The van der Waals surface area contributed by atoms with E-state index in [1.54, 1.807) is 26.0 Å². The molecule has 0 saturated carbocycles. The van der Waals surface area contributed by atoms with Gasteiger partial charge in [-0.15, -0.1) is 13.2 Å². The molecule has 0 spiro atoms. The Balaban J connectivity index is 1.77. The smallest absolute Gasteiger partial charge is 0.406 e. The van der Waals surface area contributed by atoms with E-state index in [0.717, 1.165) is 5.56 Å². The highest BCUT2D eigenvalue weighted by molar-refractivity contribution is 7.98. The summed E-state index contributed by atoms with van der Waals surface area (Å²) in [5, 5.41) is 2.60. The van der Waals surface area contributed by atoms with Crippen LogP contribution in [-0.2, 0) is 10.5 Å². The molecule has 5 nitrogen and oxygen atoms in total. The van der Waals surface area contributed by atoms with Crippen LogP contribution in [0.25, 0.3) is 0 Å². The van der Waals surface area contributed by atoms with Crippen LogP contribution in [0.15, 0.2) is 24.3 Å². The van der Waals surface area contributed by atoms with Crippen molar-refractivity contribution in [1.82, 2.24) is 10.2 Å². The van der Waals surface area contributed by atoms with Gasteiger partial charge in [0.05, 0.1) is 0 Å². The number of ether oxygens (including phenoxy) is 1. The molecule has 1 aliphatic rings.